The summed E-state index contributed by atoms with van der Waals surface area (Å²) in [6, 6.07) is 0. The summed E-state index contributed by atoms with van der Waals surface area (Å²) < 4.78 is 0. The van der Waals surface area contributed by atoms with Crippen molar-refractivity contribution in [2.45, 2.75) is 66.7 Å². The molecular weight excluding hydrogens is 208 g/mol. The van der Waals surface area contributed by atoms with Crippen molar-refractivity contribution in [1.82, 2.24) is 9.97 Å². The van der Waals surface area contributed by atoms with Gasteiger partial charge in [0.15, 0.2) is 0 Å². The Hall–Kier alpha value is -0.920. The summed E-state index contributed by atoms with van der Waals surface area (Å²) in [5.74, 6) is 1.77. The molecule has 0 saturated heterocycles. The molecule has 0 amide bonds. The van der Waals surface area contributed by atoms with Gasteiger partial charge in [0.25, 0.3) is 0 Å². The fourth-order valence-electron chi connectivity index (χ4n) is 2.37. The Morgan fingerprint density at radius 1 is 1.12 bits per heavy atom. The fraction of sp³-hybridized carbons (Fsp3) is 0.733. The summed E-state index contributed by atoms with van der Waals surface area (Å²) in [5.41, 5.74) is 3.93. The minimum Gasteiger partial charge on any atom is -0.238 e. The number of hydrogen-bond donors (Lipinski definition) is 0. The Morgan fingerprint density at radius 2 is 1.76 bits per heavy atom. The van der Waals surface area contributed by atoms with E-state index in [-0.39, 0.29) is 0 Å². The number of aromatic nitrogens is 2. The second-order valence-corrected chi connectivity index (χ2v) is 5.01. The lowest BCUT2D eigenvalue weighted by atomic mass is 9.85. The molecule has 0 bridgehead atoms. The van der Waals surface area contributed by atoms with Gasteiger partial charge in [-0.3, -0.25) is 0 Å². The van der Waals surface area contributed by atoms with E-state index in [0.29, 0.717) is 0 Å². The normalized spacial score (nSPS) is 18.1. The standard InChI is InChI=1S/C12H18N2.C3H8/c1-4-10-5-6-11-8(2)13-9(3)14-12(11)7-10;1-3-2/h10H,4-7H2,1-3H3;3H2,1-2H3/t10-;/m0./s1. The molecule has 0 unspecified atom stereocenters. The summed E-state index contributed by atoms with van der Waals surface area (Å²) in [6.45, 7) is 10.6. The Labute approximate surface area is 106 Å². The van der Waals surface area contributed by atoms with Gasteiger partial charge in [0, 0.05) is 11.4 Å². The predicted octanol–water partition coefficient (Wildman–Crippen LogP) is 4.02. The van der Waals surface area contributed by atoms with Crippen LogP contribution in [0.2, 0.25) is 0 Å². The van der Waals surface area contributed by atoms with Crippen LogP contribution in [0.25, 0.3) is 0 Å². The van der Waals surface area contributed by atoms with Gasteiger partial charge >= 0.3 is 0 Å². The summed E-state index contributed by atoms with van der Waals surface area (Å²) in [5, 5.41) is 0. The molecule has 0 radical (unpaired) electrons. The van der Waals surface area contributed by atoms with Crippen molar-refractivity contribution in [3.05, 3.63) is 22.8 Å². The van der Waals surface area contributed by atoms with Crippen LogP contribution in [0.1, 0.15) is 62.8 Å². The van der Waals surface area contributed by atoms with Crippen molar-refractivity contribution in [2.75, 3.05) is 0 Å². The van der Waals surface area contributed by atoms with Gasteiger partial charge in [0.1, 0.15) is 5.82 Å². The van der Waals surface area contributed by atoms with E-state index < -0.39 is 0 Å². The maximum absolute atomic E-state index is 4.56. The van der Waals surface area contributed by atoms with E-state index >= 15 is 0 Å². The van der Waals surface area contributed by atoms with Gasteiger partial charge in [-0.1, -0.05) is 33.6 Å². The molecule has 1 aromatic rings. The fourth-order valence-corrected chi connectivity index (χ4v) is 2.37. The average Bonchev–Trinajstić information content (AvgIpc) is 2.29. The number of fused-ring (bicyclic) bond motifs is 1. The molecule has 2 nitrogen and oxygen atoms in total. The molecule has 0 saturated carbocycles. The average molecular weight is 234 g/mol. The van der Waals surface area contributed by atoms with Gasteiger partial charge in [-0.15, -0.1) is 0 Å². The quantitative estimate of drug-likeness (QED) is 0.733. The van der Waals surface area contributed by atoms with E-state index in [0.717, 1.165) is 18.2 Å². The second kappa shape index (κ2) is 6.73. The molecule has 1 aliphatic carbocycles. The predicted molar refractivity (Wildman–Crippen MR) is 73.3 cm³/mol. The molecule has 2 heteroatoms. The van der Waals surface area contributed by atoms with Gasteiger partial charge in [-0.2, -0.15) is 0 Å². The van der Waals surface area contributed by atoms with E-state index in [1.54, 1.807) is 0 Å². The van der Waals surface area contributed by atoms with Gasteiger partial charge in [-0.05, 0) is 44.6 Å². The van der Waals surface area contributed by atoms with E-state index in [1.807, 2.05) is 6.92 Å². The van der Waals surface area contributed by atoms with E-state index in [4.69, 9.17) is 0 Å². The van der Waals surface area contributed by atoms with Gasteiger partial charge in [0.2, 0.25) is 0 Å². The summed E-state index contributed by atoms with van der Waals surface area (Å²) in [4.78, 5) is 8.99. The molecule has 17 heavy (non-hydrogen) atoms. The molecule has 0 spiro atoms. The van der Waals surface area contributed by atoms with Crippen LogP contribution in [0.4, 0.5) is 0 Å². The third-order valence-electron chi connectivity index (χ3n) is 3.27. The van der Waals surface area contributed by atoms with Crippen LogP contribution in [0, 0.1) is 19.8 Å². The molecular formula is C15H26N2. The molecule has 1 heterocycles. The lowest BCUT2D eigenvalue weighted by molar-refractivity contribution is 0.434. The Kier molecular flexibility index (Phi) is 5.60. The molecule has 2 rings (SSSR count). The first-order chi connectivity index (χ1) is 8.12. The first-order valence-electron chi connectivity index (χ1n) is 6.95. The SMILES string of the molecule is CCC.CC[C@H]1CCc2c(C)nc(C)nc2C1. The monoisotopic (exact) mass is 234 g/mol. The molecule has 1 aromatic heterocycles. The molecule has 1 atom stereocenters. The topological polar surface area (TPSA) is 25.8 Å². The lowest BCUT2D eigenvalue weighted by Gasteiger charge is -2.23. The first-order valence-corrected chi connectivity index (χ1v) is 6.95. The van der Waals surface area contributed by atoms with Crippen molar-refractivity contribution in [3.63, 3.8) is 0 Å². The third kappa shape index (κ3) is 3.79. The molecule has 96 valence electrons. The highest BCUT2D eigenvalue weighted by Gasteiger charge is 2.20. The number of aryl methyl sites for hydroxylation is 2. The Morgan fingerprint density at radius 3 is 2.35 bits per heavy atom. The van der Waals surface area contributed by atoms with Gasteiger partial charge in [-0.25, -0.2) is 9.97 Å². The number of hydrogen-bond acceptors (Lipinski definition) is 2. The maximum atomic E-state index is 4.56. The van der Waals surface area contributed by atoms with Crippen molar-refractivity contribution in [1.29, 1.82) is 0 Å². The second-order valence-electron chi connectivity index (χ2n) is 5.01. The van der Waals surface area contributed by atoms with Crippen LogP contribution in [0.3, 0.4) is 0 Å². The number of rotatable bonds is 1. The first kappa shape index (κ1) is 14.1. The molecule has 0 aliphatic heterocycles. The van der Waals surface area contributed by atoms with E-state index in [2.05, 4.69) is 37.7 Å². The van der Waals surface area contributed by atoms with Crippen LogP contribution in [0.5, 0.6) is 0 Å². The van der Waals surface area contributed by atoms with Crippen molar-refractivity contribution >= 4 is 0 Å². The lowest BCUT2D eigenvalue weighted by Crippen LogP contribution is -2.17. The Bertz CT molecular complexity index is 358. The van der Waals surface area contributed by atoms with E-state index in [9.17, 15) is 0 Å². The minimum absolute atomic E-state index is 0.844. The van der Waals surface area contributed by atoms with Gasteiger partial charge in [0.05, 0.1) is 0 Å². The molecule has 0 N–H and O–H groups in total. The summed E-state index contributed by atoms with van der Waals surface area (Å²) in [7, 11) is 0. The van der Waals surface area contributed by atoms with Crippen molar-refractivity contribution in [2.24, 2.45) is 5.92 Å². The van der Waals surface area contributed by atoms with Gasteiger partial charge < -0.3 is 0 Å². The van der Waals surface area contributed by atoms with Crippen LogP contribution in [0.15, 0.2) is 0 Å². The number of nitrogens with zero attached hydrogens (tertiary/aromatic N) is 2. The highest BCUT2D eigenvalue weighted by molar-refractivity contribution is 5.27. The highest BCUT2D eigenvalue weighted by atomic mass is 14.9. The van der Waals surface area contributed by atoms with Crippen LogP contribution in [-0.4, -0.2) is 9.97 Å². The third-order valence-corrected chi connectivity index (χ3v) is 3.27. The summed E-state index contributed by atoms with van der Waals surface area (Å²) in [6.07, 6.45) is 6.19. The molecule has 0 fully saturated rings. The zero-order valence-electron chi connectivity index (χ0n) is 12.0. The van der Waals surface area contributed by atoms with E-state index in [1.165, 1.54) is 42.6 Å². The largest absolute Gasteiger partial charge is 0.238 e. The van der Waals surface area contributed by atoms with Crippen LogP contribution in [-0.2, 0) is 12.8 Å². The minimum atomic E-state index is 0.844. The zero-order valence-corrected chi connectivity index (χ0v) is 12.0. The highest BCUT2D eigenvalue weighted by Crippen LogP contribution is 2.27. The van der Waals surface area contributed by atoms with Crippen LogP contribution >= 0.6 is 0 Å². The molecule has 1 aliphatic rings. The Balaban J connectivity index is 0.000000437. The molecule has 0 aromatic carbocycles. The smallest absolute Gasteiger partial charge is 0.125 e. The summed E-state index contributed by atoms with van der Waals surface area (Å²) >= 11 is 0. The maximum Gasteiger partial charge on any atom is 0.125 e. The van der Waals surface area contributed by atoms with Crippen molar-refractivity contribution < 1.29 is 0 Å². The van der Waals surface area contributed by atoms with Crippen molar-refractivity contribution in [3.8, 4) is 0 Å². The zero-order chi connectivity index (χ0) is 12.8. The van der Waals surface area contributed by atoms with Crippen LogP contribution < -0.4 is 0 Å².